The minimum absolute atomic E-state index is 0.529. The molecule has 6 aromatic carbocycles. The van der Waals surface area contributed by atoms with Gasteiger partial charge >= 0.3 is 0 Å². The minimum Gasteiger partial charge on any atom is -0.348 e. The Hall–Kier alpha value is -4.72. The average Bonchev–Trinajstić information content (AvgIpc) is 3.11. The van der Waals surface area contributed by atoms with Gasteiger partial charge in [-0.1, -0.05) is 210 Å². The molecule has 0 saturated carbocycles. The van der Waals surface area contributed by atoms with Gasteiger partial charge in [-0.2, -0.15) is 0 Å². The van der Waals surface area contributed by atoms with Gasteiger partial charge in [-0.25, -0.2) is 0 Å². The van der Waals surface area contributed by atoms with E-state index in [0.29, 0.717) is 0 Å². The molecule has 0 aliphatic heterocycles. The van der Waals surface area contributed by atoms with Crippen LogP contribution in [0.2, 0.25) is 0 Å². The van der Waals surface area contributed by atoms with Crippen molar-refractivity contribution < 1.29 is 4.74 Å². The van der Waals surface area contributed by atoms with Crippen LogP contribution in [-0.2, 0) is 26.8 Å². The summed E-state index contributed by atoms with van der Waals surface area (Å²) in [6.07, 6.45) is 0. The molecule has 0 fully saturated rings. The van der Waals surface area contributed by atoms with Crippen LogP contribution >= 0.6 is 0 Å². The van der Waals surface area contributed by atoms with E-state index < -0.39 is 22.0 Å². The molecule has 45 heavy (non-hydrogen) atoms. The molecule has 6 rings (SSSR count). The Labute approximate surface area is 269 Å². The van der Waals surface area contributed by atoms with Gasteiger partial charge in [-0.05, 0) is 33.4 Å². The third-order valence-electron chi connectivity index (χ3n) is 9.78. The molecular weight excluding hydrogens is 544 g/mol. The molecule has 6 aromatic rings. The molecule has 0 atom stereocenters. The predicted octanol–water partition coefficient (Wildman–Crippen LogP) is 10.8. The molecular formula is C44H42O. The zero-order chi connectivity index (χ0) is 31.4. The van der Waals surface area contributed by atoms with E-state index in [1.807, 2.05) is 0 Å². The van der Waals surface area contributed by atoms with Crippen LogP contribution in [0.3, 0.4) is 0 Å². The largest absolute Gasteiger partial charge is 0.348 e. The Morgan fingerprint density at radius 2 is 0.444 bits per heavy atom. The van der Waals surface area contributed by atoms with Gasteiger partial charge in [0.1, 0.15) is 11.2 Å². The Bertz CT molecular complexity index is 1560. The molecule has 0 saturated heterocycles. The lowest BCUT2D eigenvalue weighted by atomic mass is 9.60. The molecule has 0 aromatic heterocycles. The van der Waals surface area contributed by atoms with Crippen LogP contribution in [0.1, 0.15) is 61.1 Å². The summed E-state index contributed by atoms with van der Waals surface area (Å²) in [6.45, 7) is 9.33. The first kappa shape index (κ1) is 30.3. The molecule has 0 amide bonds. The van der Waals surface area contributed by atoms with E-state index >= 15 is 0 Å². The normalized spacial score (nSPS) is 12.5. The molecule has 0 heterocycles. The van der Waals surface area contributed by atoms with Crippen molar-refractivity contribution in [3.8, 4) is 0 Å². The molecule has 0 aliphatic carbocycles. The maximum absolute atomic E-state index is 8.41. The lowest BCUT2D eigenvalue weighted by Crippen LogP contribution is -2.58. The highest BCUT2D eigenvalue weighted by atomic mass is 16.5. The maximum atomic E-state index is 8.41. The Morgan fingerprint density at radius 1 is 0.267 bits per heavy atom. The number of ether oxygens (including phenoxy) is 1. The lowest BCUT2D eigenvalue weighted by molar-refractivity contribution is -0.185. The summed E-state index contributed by atoms with van der Waals surface area (Å²) < 4.78 is 8.41. The fourth-order valence-electron chi connectivity index (χ4n) is 7.30. The van der Waals surface area contributed by atoms with Gasteiger partial charge < -0.3 is 4.74 Å². The first-order valence-corrected chi connectivity index (χ1v) is 15.9. The molecule has 1 nitrogen and oxygen atoms in total. The Balaban J connectivity index is 1.80. The van der Waals surface area contributed by atoms with E-state index in [9.17, 15) is 0 Å². The number of benzene rings is 6. The summed E-state index contributed by atoms with van der Waals surface area (Å²) in [5.74, 6) is 0. The highest BCUT2D eigenvalue weighted by Gasteiger charge is 2.59. The maximum Gasteiger partial charge on any atom is 0.129 e. The second-order valence-corrected chi connectivity index (χ2v) is 12.9. The summed E-state index contributed by atoms with van der Waals surface area (Å²) in [4.78, 5) is 0. The van der Waals surface area contributed by atoms with Gasteiger partial charge in [0.25, 0.3) is 0 Å². The second kappa shape index (κ2) is 12.3. The van der Waals surface area contributed by atoms with Crippen molar-refractivity contribution in [1.29, 1.82) is 0 Å². The monoisotopic (exact) mass is 586 g/mol. The van der Waals surface area contributed by atoms with E-state index in [2.05, 4.69) is 210 Å². The van der Waals surface area contributed by atoms with Crippen LogP contribution in [0, 0.1) is 0 Å². The van der Waals surface area contributed by atoms with Gasteiger partial charge in [-0.3, -0.25) is 0 Å². The van der Waals surface area contributed by atoms with Crippen molar-refractivity contribution in [3.05, 3.63) is 215 Å². The fraction of sp³-hybridized carbons (Fsp3) is 0.182. The Morgan fingerprint density at radius 3 is 0.644 bits per heavy atom. The summed E-state index contributed by atoms with van der Waals surface area (Å²) in [5, 5.41) is 0. The zero-order valence-corrected chi connectivity index (χ0v) is 26.7. The molecule has 0 bridgehead atoms. The molecule has 1 heteroatoms. The van der Waals surface area contributed by atoms with E-state index in [0.717, 1.165) is 22.3 Å². The van der Waals surface area contributed by atoms with Gasteiger partial charge in [-0.15, -0.1) is 0 Å². The summed E-state index contributed by atoms with van der Waals surface area (Å²) in [7, 11) is 0. The fourth-order valence-corrected chi connectivity index (χ4v) is 7.30. The molecule has 0 N–H and O–H groups in total. The summed E-state index contributed by atoms with van der Waals surface area (Å²) >= 11 is 0. The van der Waals surface area contributed by atoms with Crippen molar-refractivity contribution in [3.63, 3.8) is 0 Å². The van der Waals surface area contributed by atoms with Gasteiger partial charge in [0.2, 0.25) is 0 Å². The van der Waals surface area contributed by atoms with Crippen molar-refractivity contribution >= 4 is 0 Å². The van der Waals surface area contributed by atoms with Crippen LogP contribution in [-0.4, -0.2) is 0 Å². The minimum atomic E-state index is -0.936. The van der Waals surface area contributed by atoms with E-state index in [1.54, 1.807) is 0 Å². The summed E-state index contributed by atoms with van der Waals surface area (Å²) in [6, 6.07) is 64.9. The average molecular weight is 587 g/mol. The van der Waals surface area contributed by atoms with Crippen LogP contribution in [0.4, 0.5) is 0 Å². The molecule has 0 unspecified atom stereocenters. The molecule has 0 spiro atoms. The highest BCUT2D eigenvalue weighted by Crippen LogP contribution is 2.59. The quantitative estimate of drug-likeness (QED) is 0.155. The van der Waals surface area contributed by atoms with Gasteiger partial charge in [0, 0.05) is 10.8 Å². The van der Waals surface area contributed by atoms with Crippen molar-refractivity contribution in [2.24, 2.45) is 0 Å². The van der Waals surface area contributed by atoms with E-state index in [-0.39, 0.29) is 0 Å². The standard InChI is InChI=1S/C44H42O/c1-41(2,35-23-11-5-12-24-35)43(37-27-15-7-16-28-37,38-29-17-8-18-30-38)45-44(39-31-19-9-20-32-39,40-33-21-10-22-34-40)42(3,4)36-25-13-6-14-26-36/h5-34H,1-4H3. The van der Waals surface area contributed by atoms with E-state index in [1.165, 1.54) is 11.1 Å². The predicted molar refractivity (Wildman–Crippen MR) is 187 cm³/mol. The number of hydrogen-bond donors (Lipinski definition) is 0. The Kier molecular flexibility index (Phi) is 8.32. The van der Waals surface area contributed by atoms with E-state index in [4.69, 9.17) is 4.74 Å². The second-order valence-electron chi connectivity index (χ2n) is 12.9. The number of hydrogen-bond acceptors (Lipinski definition) is 1. The SMILES string of the molecule is CC(C)(c1ccccc1)C(OC(c1ccccc1)(c1ccccc1)C(C)(C)c1ccccc1)(c1ccccc1)c1ccccc1. The van der Waals surface area contributed by atoms with Gasteiger partial charge in [0.15, 0.2) is 0 Å². The molecule has 224 valence electrons. The van der Waals surface area contributed by atoms with Crippen molar-refractivity contribution in [2.45, 2.75) is 49.7 Å². The third-order valence-corrected chi connectivity index (χ3v) is 9.78. The highest BCUT2D eigenvalue weighted by molar-refractivity contribution is 5.50. The van der Waals surface area contributed by atoms with Gasteiger partial charge in [0.05, 0.1) is 0 Å². The first-order valence-electron chi connectivity index (χ1n) is 15.9. The van der Waals surface area contributed by atoms with Crippen LogP contribution in [0.5, 0.6) is 0 Å². The van der Waals surface area contributed by atoms with Crippen molar-refractivity contribution in [1.82, 2.24) is 0 Å². The van der Waals surface area contributed by atoms with Crippen LogP contribution in [0.25, 0.3) is 0 Å². The zero-order valence-electron chi connectivity index (χ0n) is 26.7. The summed E-state index contributed by atoms with van der Waals surface area (Å²) in [5.41, 5.74) is 3.88. The van der Waals surface area contributed by atoms with Crippen LogP contribution in [0.15, 0.2) is 182 Å². The first-order chi connectivity index (χ1) is 21.8. The van der Waals surface area contributed by atoms with Crippen LogP contribution < -0.4 is 0 Å². The number of rotatable bonds is 10. The third kappa shape index (κ3) is 5.12. The topological polar surface area (TPSA) is 9.23 Å². The smallest absolute Gasteiger partial charge is 0.129 e. The lowest BCUT2D eigenvalue weighted by Gasteiger charge is -2.57. The molecule has 0 radical (unpaired) electrons. The van der Waals surface area contributed by atoms with Crippen molar-refractivity contribution in [2.75, 3.05) is 0 Å². The molecule has 0 aliphatic rings.